The number of halogens is 1. The third-order valence-electron chi connectivity index (χ3n) is 3.09. The molecule has 1 atom stereocenters. The lowest BCUT2D eigenvalue weighted by atomic mass is 10.0. The summed E-state index contributed by atoms with van der Waals surface area (Å²) in [7, 11) is 1.99. The van der Waals surface area contributed by atoms with Gasteiger partial charge in [0.05, 0.1) is 0 Å². The quantitative estimate of drug-likeness (QED) is 0.770. The van der Waals surface area contributed by atoms with E-state index in [0.717, 1.165) is 17.9 Å². The molecule has 0 saturated heterocycles. The van der Waals surface area contributed by atoms with E-state index in [-0.39, 0.29) is 0 Å². The van der Waals surface area contributed by atoms with Gasteiger partial charge in [0, 0.05) is 9.61 Å². The van der Waals surface area contributed by atoms with Crippen LogP contribution in [-0.4, -0.2) is 7.05 Å². The molecule has 2 nitrogen and oxygen atoms in total. The van der Waals surface area contributed by atoms with Crippen molar-refractivity contribution in [1.29, 1.82) is 0 Å². The Kier molecular flexibility index (Phi) is 5.22. The fraction of sp³-hybridized carbons (Fsp3) is 0.250. The van der Waals surface area contributed by atoms with E-state index in [1.54, 1.807) is 0 Å². The Labute approximate surface area is 128 Å². The van der Waals surface area contributed by atoms with Crippen LogP contribution in [0.2, 0.25) is 0 Å². The summed E-state index contributed by atoms with van der Waals surface area (Å²) < 4.78 is 7.02. The lowest BCUT2D eigenvalue weighted by Gasteiger charge is -2.14. The minimum Gasteiger partial charge on any atom is -0.457 e. The first-order chi connectivity index (χ1) is 9.22. The molecule has 0 amide bonds. The lowest BCUT2D eigenvalue weighted by molar-refractivity contribution is 0.481. The summed E-state index contributed by atoms with van der Waals surface area (Å²) in [5, 5.41) is 3.30. The predicted molar refractivity (Wildman–Crippen MR) is 87.8 cm³/mol. The van der Waals surface area contributed by atoms with Gasteiger partial charge in [0.25, 0.3) is 0 Å². The highest BCUT2D eigenvalue weighted by Crippen LogP contribution is 2.24. The zero-order valence-electron chi connectivity index (χ0n) is 11.2. The standard InChI is InChI=1S/C16H18INO/c1-3-16(18-2)12-4-8-14(9-5-12)19-15-10-6-13(17)7-11-15/h4-11,16,18H,3H2,1-2H3. The van der Waals surface area contributed by atoms with E-state index >= 15 is 0 Å². The Hall–Kier alpha value is -1.07. The van der Waals surface area contributed by atoms with Gasteiger partial charge in [-0.05, 0) is 78.0 Å². The molecule has 2 rings (SSSR count). The first-order valence-electron chi connectivity index (χ1n) is 6.43. The first kappa shape index (κ1) is 14.3. The molecule has 3 heteroatoms. The average Bonchev–Trinajstić information content (AvgIpc) is 2.44. The van der Waals surface area contributed by atoms with Gasteiger partial charge in [-0.25, -0.2) is 0 Å². The average molecular weight is 367 g/mol. The van der Waals surface area contributed by atoms with E-state index in [4.69, 9.17) is 4.74 Å². The number of ether oxygens (including phenoxy) is 1. The summed E-state index contributed by atoms with van der Waals surface area (Å²) in [4.78, 5) is 0. The lowest BCUT2D eigenvalue weighted by Crippen LogP contribution is -2.14. The molecule has 0 aliphatic rings. The van der Waals surface area contributed by atoms with E-state index in [0.29, 0.717) is 6.04 Å². The van der Waals surface area contributed by atoms with E-state index in [2.05, 4.69) is 47.0 Å². The molecule has 19 heavy (non-hydrogen) atoms. The van der Waals surface area contributed by atoms with Gasteiger partial charge in [0.15, 0.2) is 0 Å². The predicted octanol–water partition coefficient (Wildman–Crippen LogP) is 4.75. The molecule has 100 valence electrons. The molecule has 1 N–H and O–H groups in total. The van der Waals surface area contributed by atoms with Crippen LogP contribution in [0.3, 0.4) is 0 Å². The van der Waals surface area contributed by atoms with Gasteiger partial charge in [-0.2, -0.15) is 0 Å². The van der Waals surface area contributed by atoms with Gasteiger partial charge in [-0.1, -0.05) is 19.1 Å². The maximum absolute atomic E-state index is 5.81. The maximum Gasteiger partial charge on any atom is 0.127 e. The molecule has 0 aliphatic heterocycles. The van der Waals surface area contributed by atoms with E-state index in [1.165, 1.54) is 9.13 Å². The molecule has 0 fully saturated rings. The maximum atomic E-state index is 5.81. The van der Waals surface area contributed by atoms with Gasteiger partial charge in [0.1, 0.15) is 11.5 Å². The van der Waals surface area contributed by atoms with Crippen LogP contribution in [0.4, 0.5) is 0 Å². The summed E-state index contributed by atoms with van der Waals surface area (Å²) in [6.07, 6.45) is 1.08. The molecule has 0 heterocycles. The van der Waals surface area contributed by atoms with E-state index in [1.807, 2.05) is 43.4 Å². The van der Waals surface area contributed by atoms with Crippen LogP contribution >= 0.6 is 22.6 Å². The highest BCUT2D eigenvalue weighted by Gasteiger charge is 2.06. The van der Waals surface area contributed by atoms with E-state index in [9.17, 15) is 0 Å². The molecule has 2 aromatic carbocycles. The van der Waals surface area contributed by atoms with Crippen molar-refractivity contribution in [3.8, 4) is 11.5 Å². The largest absolute Gasteiger partial charge is 0.457 e. The van der Waals surface area contributed by atoms with Crippen LogP contribution < -0.4 is 10.1 Å². The fourth-order valence-corrected chi connectivity index (χ4v) is 2.37. The Bertz CT molecular complexity index is 503. The molecule has 0 bridgehead atoms. The topological polar surface area (TPSA) is 21.3 Å². The second kappa shape index (κ2) is 6.91. The van der Waals surface area contributed by atoms with E-state index < -0.39 is 0 Å². The van der Waals surface area contributed by atoms with Crippen LogP contribution in [0.1, 0.15) is 24.9 Å². The van der Waals surface area contributed by atoms with Crippen molar-refractivity contribution in [3.05, 3.63) is 57.7 Å². The number of nitrogens with one attached hydrogen (secondary N) is 1. The molecular formula is C16H18INO. The summed E-state index contributed by atoms with van der Waals surface area (Å²) in [6, 6.07) is 16.7. The second-order valence-electron chi connectivity index (χ2n) is 4.37. The minimum absolute atomic E-state index is 0.410. The van der Waals surface area contributed by atoms with Crippen molar-refractivity contribution in [2.75, 3.05) is 7.05 Å². The summed E-state index contributed by atoms with van der Waals surface area (Å²) >= 11 is 2.28. The first-order valence-corrected chi connectivity index (χ1v) is 7.51. The summed E-state index contributed by atoms with van der Waals surface area (Å²) in [5.41, 5.74) is 1.29. The van der Waals surface area contributed by atoms with Crippen molar-refractivity contribution < 1.29 is 4.74 Å². The molecule has 1 unspecified atom stereocenters. The molecular weight excluding hydrogens is 349 g/mol. The van der Waals surface area contributed by atoms with Gasteiger partial charge >= 0.3 is 0 Å². The van der Waals surface area contributed by atoms with Crippen molar-refractivity contribution in [3.63, 3.8) is 0 Å². The normalized spacial score (nSPS) is 12.2. The molecule has 2 aromatic rings. The zero-order valence-corrected chi connectivity index (χ0v) is 13.3. The van der Waals surface area contributed by atoms with Crippen molar-refractivity contribution in [2.45, 2.75) is 19.4 Å². The number of hydrogen-bond donors (Lipinski definition) is 1. The van der Waals surface area contributed by atoms with Gasteiger partial charge in [-0.15, -0.1) is 0 Å². The van der Waals surface area contributed by atoms with Crippen LogP contribution in [0, 0.1) is 3.57 Å². The minimum atomic E-state index is 0.410. The fourth-order valence-electron chi connectivity index (χ4n) is 2.01. The number of rotatable bonds is 5. The molecule has 0 aromatic heterocycles. The summed E-state index contributed by atoms with van der Waals surface area (Å²) in [6.45, 7) is 2.18. The zero-order chi connectivity index (χ0) is 13.7. The van der Waals surface area contributed by atoms with Gasteiger partial charge in [-0.3, -0.25) is 0 Å². The Morgan fingerprint density at radius 1 is 1.00 bits per heavy atom. The third kappa shape index (κ3) is 3.94. The molecule has 0 spiro atoms. The Morgan fingerprint density at radius 3 is 2.00 bits per heavy atom. The molecule has 0 saturated carbocycles. The number of hydrogen-bond acceptors (Lipinski definition) is 2. The van der Waals surface area contributed by atoms with Crippen LogP contribution in [0.25, 0.3) is 0 Å². The van der Waals surface area contributed by atoms with Gasteiger partial charge < -0.3 is 10.1 Å². The van der Waals surface area contributed by atoms with Crippen LogP contribution in [-0.2, 0) is 0 Å². The van der Waals surface area contributed by atoms with Crippen molar-refractivity contribution in [1.82, 2.24) is 5.32 Å². The number of benzene rings is 2. The molecule has 0 aliphatic carbocycles. The van der Waals surface area contributed by atoms with Crippen molar-refractivity contribution >= 4 is 22.6 Å². The SMILES string of the molecule is CCC(NC)c1ccc(Oc2ccc(I)cc2)cc1. The van der Waals surface area contributed by atoms with Gasteiger partial charge in [0.2, 0.25) is 0 Å². The highest BCUT2D eigenvalue weighted by atomic mass is 127. The smallest absolute Gasteiger partial charge is 0.127 e. The Balaban J connectivity index is 2.08. The van der Waals surface area contributed by atoms with Crippen LogP contribution in [0.15, 0.2) is 48.5 Å². The van der Waals surface area contributed by atoms with Crippen molar-refractivity contribution in [2.24, 2.45) is 0 Å². The summed E-state index contributed by atoms with van der Waals surface area (Å²) in [5.74, 6) is 1.74. The van der Waals surface area contributed by atoms with Crippen LogP contribution in [0.5, 0.6) is 11.5 Å². The molecule has 0 radical (unpaired) electrons. The highest BCUT2D eigenvalue weighted by molar-refractivity contribution is 14.1. The monoisotopic (exact) mass is 367 g/mol. The third-order valence-corrected chi connectivity index (χ3v) is 3.81. The second-order valence-corrected chi connectivity index (χ2v) is 5.62. The Morgan fingerprint density at radius 2 is 1.53 bits per heavy atom.